The minimum Gasteiger partial charge on any atom is -0.344 e. The van der Waals surface area contributed by atoms with Crippen LogP contribution in [0, 0.1) is 0 Å². The molecule has 0 radical (unpaired) electrons. The van der Waals surface area contributed by atoms with Crippen LogP contribution in [0.25, 0.3) is 0 Å². The molecule has 0 aromatic heterocycles. The molecule has 0 aliphatic carbocycles. The molecule has 0 saturated carbocycles. The first kappa shape index (κ1) is 14.9. The molecule has 1 aliphatic rings. The van der Waals surface area contributed by atoms with Crippen LogP contribution in [-0.4, -0.2) is 22.1 Å². The van der Waals surface area contributed by atoms with Crippen molar-refractivity contribution >= 4 is 46.2 Å². The van der Waals surface area contributed by atoms with Crippen LogP contribution in [0.3, 0.4) is 0 Å². The van der Waals surface area contributed by atoms with Crippen molar-refractivity contribution in [3.63, 3.8) is 0 Å². The van der Waals surface area contributed by atoms with Crippen molar-refractivity contribution in [1.29, 1.82) is 0 Å². The fourth-order valence-electron chi connectivity index (χ4n) is 2.59. The van der Waals surface area contributed by atoms with Crippen molar-refractivity contribution in [3.8, 4) is 0 Å². The average Bonchev–Trinajstić information content (AvgIpc) is 2.33. The van der Waals surface area contributed by atoms with Gasteiger partial charge in [-0.2, -0.15) is 0 Å². The lowest BCUT2D eigenvalue weighted by Gasteiger charge is -2.41. The molecular formula is C14H18Cl2N2S. The second-order valence-corrected chi connectivity index (χ2v) is 6.32. The summed E-state index contributed by atoms with van der Waals surface area (Å²) in [6.07, 6.45) is 3.62. The Balaban J connectivity index is 2.13. The van der Waals surface area contributed by atoms with Crippen molar-refractivity contribution in [1.82, 2.24) is 4.90 Å². The molecule has 1 aliphatic heterocycles. The highest BCUT2D eigenvalue weighted by molar-refractivity contribution is 7.80. The van der Waals surface area contributed by atoms with Gasteiger partial charge in [0.25, 0.3) is 0 Å². The van der Waals surface area contributed by atoms with Gasteiger partial charge in [-0.1, -0.05) is 23.2 Å². The van der Waals surface area contributed by atoms with E-state index in [-0.39, 0.29) is 0 Å². The normalized spacial score (nSPS) is 23.3. The summed E-state index contributed by atoms with van der Waals surface area (Å²) in [5.74, 6) is 0. The van der Waals surface area contributed by atoms with E-state index in [1.54, 1.807) is 18.2 Å². The van der Waals surface area contributed by atoms with E-state index in [2.05, 4.69) is 24.1 Å². The van der Waals surface area contributed by atoms with Gasteiger partial charge in [0.2, 0.25) is 0 Å². The van der Waals surface area contributed by atoms with E-state index in [1.165, 1.54) is 19.3 Å². The Morgan fingerprint density at radius 3 is 2.53 bits per heavy atom. The van der Waals surface area contributed by atoms with Gasteiger partial charge in [-0.15, -0.1) is 0 Å². The van der Waals surface area contributed by atoms with E-state index in [9.17, 15) is 0 Å². The van der Waals surface area contributed by atoms with Gasteiger partial charge < -0.3 is 10.2 Å². The van der Waals surface area contributed by atoms with Gasteiger partial charge in [0, 0.05) is 17.1 Å². The lowest BCUT2D eigenvalue weighted by atomic mass is 9.98. The van der Waals surface area contributed by atoms with Gasteiger partial charge in [0.1, 0.15) is 0 Å². The second-order valence-electron chi connectivity index (χ2n) is 5.09. The minimum atomic E-state index is 0.460. The molecule has 1 aromatic rings. The van der Waals surface area contributed by atoms with Gasteiger partial charge >= 0.3 is 0 Å². The van der Waals surface area contributed by atoms with E-state index in [0.717, 1.165) is 10.8 Å². The monoisotopic (exact) mass is 316 g/mol. The summed E-state index contributed by atoms with van der Waals surface area (Å²) in [5.41, 5.74) is 0.768. The number of likely N-dealkylation sites (tertiary alicyclic amines) is 1. The zero-order chi connectivity index (χ0) is 14.0. The minimum absolute atomic E-state index is 0.460. The molecule has 104 valence electrons. The molecule has 2 atom stereocenters. The molecule has 1 saturated heterocycles. The average molecular weight is 317 g/mol. The highest BCUT2D eigenvalue weighted by atomic mass is 35.5. The van der Waals surface area contributed by atoms with Crippen LogP contribution in [-0.2, 0) is 0 Å². The molecule has 19 heavy (non-hydrogen) atoms. The molecule has 2 unspecified atom stereocenters. The predicted octanol–water partition coefficient (Wildman–Crippen LogP) is 4.95. The van der Waals surface area contributed by atoms with E-state index in [0.29, 0.717) is 22.1 Å². The third-order valence-electron chi connectivity index (χ3n) is 3.60. The zero-order valence-electron chi connectivity index (χ0n) is 11.1. The Labute approximate surface area is 130 Å². The molecule has 0 bridgehead atoms. The van der Waals surface area contributed by atoms with E-state index < -0.39 is 0 Å². The molecule has 1 fully saturated rings. The van der Waals surface area contributed by atoms with Crippen molar-refractivity contribution in [3.05, 3.63) is 28.2 Å². The van der Waals surface area contributed by atoms with Crippen LogP contribution in [0.1, 0.15) is 33.1 Å². The molecule has 1 N–H and O–H groups in total. The standard InChI is InChI=1S/C14H18Cl2N2S/c1-9-4-3-5-10(2)18(9)14(19)17-13-8-11(15)6-7-12(13)16/h6-10H,3-5H2,1-2H3,(H,17,19). The maximum Gasteiger partial charge on any atom is 0.173 e. The summed E-state index contributed by atoms with van der Waals surface area (Å²) in [7, 11) is 0. The van der Waals surface area contributed by atoms with E-state index in [4.69, 9.17) is 35.4 Å². The lowest BCUT2D eigenvalue weighted by molar-refractivity contribution is 0.194. The largest absolute Gasteiger partial charge is 0.344 e. The van der Waals surface area contributed by atoms with Crippen LogP contribution in [0.5, 0.6) is 0 Å². The van der Waals surface area contributed by atoms with Gasteiger partial charge in [0.05, 0.1) is 10.7 Å². The third-order valence-corrected chi connectivity index (χ3v) is 4.48. The fraction of sp³-hybridized carbons (Fsp3) is 0.500. The smallest absolute Gasteiger partial charge is 0.173 e. The first-order valence-electron chi connectivity index (χ1n) is 6.53. The lowest BCUT2D eigenvalue weighted by Crippen LogP contribution is -2.49. The topological polar surface area (TPSA) is 15.3 Å². The van der Waals surface area contributed by atoms with Crippen molar-refractivity contribution in [2.75, 3.05) is 5.32 Å². The van der Waals surface area contributed by atoms with Gasteiger partial charge in [-0.3, -0.25) is 0 Å². The number of rotatable bonds is 1. The van der Waals surface area contributed by atoms with Crippen LogP contribution in [0.4, 0.5) is 5.69 Å². The van der Waals surface area contributed by atoms with Crippen LogP contribution >= 0.6 is 35.4 Å². The molecule has 0 spiro atoms. The zero-order valence-corrected chi connectivity index (χ0v) is 13.4. The number of benzene rings is 1. The maximum absolute atomic E-state index is 6.15. The van der Waals surface area contributed by atoms with Crippen LogP contribution in [0.15, 0.2) is 18.2 Å². The van der Waals surface area contributed by atoms with Gasteiger partial charge in [0.15, 0.2) is 5.11 Å². The maximum atomic E-state index is 6.15. The predicted molar refractivity (Wildman–Crippen MR) is 87.3 cm³/mol. The fourth-order valence-corrected chi connectivity index (χ4v) is 3.40. The first-order chi connectivity index (χ1) is 8.99. The van der Waals surface area contributed by atoms with Crippen molar-refractivity contribution < 1.29 is 0 Å². The SMILES string of the molecule is CC1CCCC(C)N1C(=S)Nc1cc(Cl)ccc1Cl. The van der Waals surface area contributed by atoms with Gasteiger partial charge in [-0.05, 0) is 63.5 Å². The summed E-state index contributed by atoms with van der Waals surface area (Å²) in [6, 6.07) is 6.26. The Kier molecular flexibility index (Phi) is 4.93. The van der Waals surface area contributed by atoms with Crippen LogP contribution < -0.4 is 5.32 Å². The molecule has 2 nitrogen and oxygen atoms in total. The summed E-state index contributed by atoms with van der Waals surface area (Å²) in [5, 5.41) is 5.22. The second kappa shape index (κ2) is 6.29. The Morgan fingerprint density at radius 1 is 1.26 bits per heavy atom. The number of hydrogen-bond acceptors (Lipinski definition) is 1. The highest BCUT2D eigenvalue weighted by Gasteiger charge is 2.26. The number of anilines is 1. The number of halogens is 2. The molecule has 5 heteroatoms. The van der Waals surface area contributed by atoms with E-state index >= 15 is 0 Å². The summed E-state index contributed by atoms with van der Waals surface area (Å²) < 4.78 is 0. The number of thiocarbonyl (C=S) groups is 1. The number of nitrogens with zero attached hydrogens (tertiary/aromatic N) is 1. The molecule has 2 rings (SSSR count). The number of piperidine rings is 1. The molecule has 1 aromatic carbocycles. The highest BCUT2D eigenvalue weighted by Crippen LogP contribution is 2.28. The Hall–Kier alpha value is -0.510. The summed E-state index contributed by atoms with van der Waals surface area (Å²) in [4.78, 5) is 2.26. The molecule has 1 heterocycles. The van der Waals surface area contributed by atoms with E-state index in [1.807, 2.05) is 0 Å². The summed E-state index contributed by atoms with van der Waals surface area (Å²) >= 11 is 17.7. The summed E-state index contributed by atoms with van der Waals surface area (Å²) in [6.45, 7) is 4.42. The third kappa shape index (κ3) is 3.53. The molecular weight excluding hydrogens is 299 g/mol. The van der Waals surface area contributed by atoms with Crippen molar-refractivity contribution in [2.24, 2.45) is 0 Å². The Morgan fingerprint density at radius 2 is 1.89 bits per heavy atom. The van der Waals surface area contributed by atoms with Gasteiger partial charge in [-0.25, -0.2) is 0 Å². The first-order valence-corrected chi connectivity index (χ1v) is 7.70. The quantitative estimate of drug-likeness (QED) is 0.738. The van der Waals surface area contributed by atoms with Crippen LogP contribution in [0.2, 0.25) is 10.0 Å². The number of hydrogen-bond donors (Lipinski definition) is 1. The van der Waals surface area contributed by atoms with Crippen molar-refractivity contribution in [2.45, 2.75) is 45.2 Å². The number of nitrogens with one attached hydrogen (secondary N) is 1. The Bertz CT molecular complexity index is 469. The molecule has 0 amide bonds.